The van der Waals surface area contributed by atoms with Crippen LogP contribution in [0.25, 0.3) is 0 Å². The number of nitrogens with one attached hydrogen (secondary N) is 1. The van der Waals surface area contributed by atoms with Gasteiger partial charge in [0.25, 0.3) is 0 Å². The molecule has 0 saturated carbocycles. The van der Waals surface area contributed by atoms with Crippen molar-refractivity contribution < 1.29 is 9.90 Å². The summed E-state index contributed by atoms with van der Waals surface area (Å²) in [4.78, 5) is 19.5. The first-order valence-electron chi connectivity index (χ1n) is 5.53. The standard InChI is InChI=1S/C11H14ClN3O2/c12-9-6-14-8(5-15-9)4-11(10(16)17)2-1-3-13-7-11/h5-6,13H,1-4,7H2,(H,16,17). The molecule has 0 aliphatic carbocycles. The summed E-state index contributed by atoms with van der Waals surface area (Å²) >= 11 is 5.65. The summed E-state index contributed by atoms with van der Waals surface area (Å²) in [5.41, 5.74) is -0.0960. The van der Waals surface area contributed by atoms with Crippen LogP contribution in [0.1, 0.15) is 18.5 Å². The van der Waals surface area contributed by atoms with Gasteiger partial charge in [0.1, 0.15) is 5.15 Å². The average molecular weight is 256 g/mol. The molecule has 1 atom stereocenters. The number of hydrogen-bond donors (Lipinski definition) is 2. The zero-order valence-electron chi connectivity index (χ0n) is 9.32. The Morgan fingerprint density at radius 1 is 1.53 bits per heavy atom. The fraction of sp³-hybridized carbons (Fsp3) is 0.545. The highest BCUT2D eigenvalue weighted by Gasteiger charge is 2.40. The molecule has 1 saturated heterocycles. The van der Waals surface area contributed by atoms with Gasteiger partial charge in [-0.1, -0.05) is 11.6 Å². The van der Waals surface area contributed by atoms with E-state index < -0.39 is 11.4 Å². The SMILES string of the molecule is O=C(O)C1(Cc2cnc(Cl)cn2)CCCNC1. The van der Waals surface area contributed by atoms with E-state index in [0.717, 1.165) is 13.0 Å². The van der Waals surface area contributed by atoms with Crippen molar-refractivity contribution >= 4 is 17.6 Å². The Kier molecular flexibility index (Phi) is 3.59. The Labute approximate surface area is 104 Å². The molecular weight excluding hydrogens is 242 g/mol. The van der Waals surface area contributed by atoms with Crippen LogP contribution in [0.15, 0.2) is 12.4 Å². The van der Waals surface area contributed by atoms with E-state index in [1.54, 1.807) is 6.20 Å². The van der Waals surface area contributed by atoms with Crippen LogP contribution in [0.5, 0.6) is 0 Å². The largest absolute Gasteiger partial charge is 0.481 e. The van der Waals surface area contributed by atoms with Crippen molar-refractivity contribution in [3.8, 4) is 0 Å². The van der Waals surface area contributed by atoms with Crippen molar-refractivity contribution in [3.05, 3.63) is 23.2 Å². The first-order chi connectivity index (χ1) is 8.12. The highest BCUT2D eigenvalue weighted by atomic mass is 35.5. The van der Waals surface area contributed by atoms with Crippen molar-refractivity contribution in [3.63, 3.8) is 0 Å². The van der Waals surface area contributed by atoms with Gasteiger partial charge in [-0.05, 0) is 19.4 Å². The Morgan fingerprint density at radius 3 is 2.88 bits per heavy atom. The summed E-state index contributed by atoms with van der Waals surface area (Å²) in [5, 5.41) is 12.8. The van der Waals surface area contributed by atoms with Crippen LogP contribution in [0.2, 0.25) is 5.15 Å². The van der Waals surface area contributed by atoms with E-state index in [9.17, 15) is 9.90 Å². The van der Waals surface area contributed by atoms with Crippen LogP contribution in [0, 0.1) is 5.41 Å². The molecule has 92 valence electrons. The Balaban J connectivity index is 2.17. The molecule has 0 aromatic carbocycles. The maximum absolute atomic E-state index is 11.4. The summed E-state index contributed by atoms with van der Waals surface area (Å²) in [5.74, 6) is -0.776. The van der Waals surface area contributed by atoms with E-state index >= 15 is 0 Å². The molecule has 17 heavy (non-hydrogen) atoms. The third kappa shape index (κ3) is 2.73. The second kappa shape index (κ2) is 4.98. The molecule has 5 nitrogen and oxygen atoms in total. The lowest BCUT2D eigenvalue weighted by Gasteiger charge is -2.33. The van der Waals surface area contributed by atoms with Crippen molar-refractivity contribution in [2.75, 3.05) is 13.1 Å². The molecule has 2 N–H and O–H groups in total. The number of aliphatic carboxylic acids is 1. The van der Waals surface area contributed by atoms with E-state index in [0.29, 0.717) is 30.2 Å². The van der Waals surface area contributed by atoms with Gasteiger partial charge in [-0.3, -0.25) is 9.78 Å². The van der Waals surface area contributed by atoms with Crippen LogP contribution in [0.4, 0.5) is 0 Å². The summed E-state index contributed by atoms with van der Waals surface area (Å²) in [6.45, 7) is 1.36. The lowest BCUT2D eigenvalue weighted by Crippen LogP contribution is -2.47. The summed E-state index contributed by atoms with van der Waals surface area (Å²) < 4.78 is 0. The number of carboxylic acids is 1. The van der Waals surface area contributed by atoms with Crippen molar-refractivity contribution in [2.45, 2.75) is 19.3 Å². The number of halogens is 1. The lowest BCUT2D eigenvalue weighted by atomic mass is 9.77. The number of hydrogen-bond acceptors (Lipinski definition) is 4. The topological polar surface area (TPSA) is 75.1 Å². The molecule has 1 aromatic heterocycles. The maximum Gasteiger partial charge on any atom is 0.311 e. The van der Waals surface area contributed by atoms with Crippen LogP contribution >= 0.6 is 11.6 Å². The molecule has 0 spiro atoms. The van der Waals surface area contributed by atoms with Gasteiger partial charge < -0.3 is 10.4 Å². The Morgan fingerprint density at radius 2 is 2.35 bits per heavy atom. The molecule has 0 amide bonds. The molecular formula is C11H14ClN3O2. The zero-order chi connectivity index (χ0) is 12.3. The normalized spacial score (nSPS) is 24.5. The molecule has 1 aliphatic heterocycles. The molecule has 0 radical (unpaired) electrons. The van der Waals surface area contributed by atoms with E-state index in [-0.39, 0.29) is 0 Å². The molecule has 1 unspecified atom stereocenters. The minimum atomic E-state index is -0.776. The van der Waals surface area contributed by atoms with Crippen LogP contribution in [-0.2, 0) is 11.2 Å². The average Bonchev–Trinajstić information content (AvgIpc) is 2.33. The van der Waals surface area contributed by atoms with Crippen LogP contribution in [-0.4, -0.2) is 34.1 Å². The quantitative estimate of drug-likeness (QED) is 0.847. The van der Waals surface area contributed by atoms with Gasteiger partial charge in [0.05, 0.1) is 23.5 Å². The predicted molar refractivity (Wildman–Crippen MR) is 62.9 cm³/mol. The summed E-state index contributed by atoms with van der Waals surface area (Å²) in [6, 6.07) is 0. The smallest absolute Gasteiger partial charge is 0.311 e. The minimum Gasteiger partial charge on any atom is -0.481 e. The van der Waals surface area contributed by atoms with Crippen molar-refractivity contribution in [2.24, 2.45) is 5.41 Å². The lowest BCUT2D eigenvalue weighted by molar-refractivity contribution is -0.150. The van der Waals surface area contributed by atoms with Gasteiger partial charge in [-0.15, -0.1) is 0 Å². The maximum atomic E-state index is 11.4. The summed E-state index contributed by atoms with van der Waals surface area (Å²) in [7, 11) is 0. The molecule has 1 aromatic rings. The number of piperidine rings is 1. The van der Waals surface area contributed by atoms with E-state index in [1.807, 2.05) is 0 Å². The number of carbonyl (C=O) groups is 1. The number of nitrogens with zero attached hydrogens (tertiary/aromatic N) is 2. The molecule has 2 rings (SSSR count). The van der Waals surface area contributed by atoms with Gasteiger partial charge in [0.15, 0.2) is 0 Å². The van der Waals surface area contributed by atoms with E-state index in [2.05, 4.69) is 15.3 Å². The third-order valence-electron chi connectivity index (χ3n) is 3.12. The molecule has 2 heterocycles. The number of aromatic nitrogens is 2. The first kappa shape index (κ1) is 12.3. The minimum absolute atomic E-state index is 0.319. The van der Waals surface area contributed by atoms with Gasteiger partial charge in [0, 0.05) is 13.0 Å². The highest BCUT2D eigenvalue weighted by Crippen LogP contribution is 2.30. The van der Waals surface area contributed by atoms with Crippen LogP contribution < -0.4 is 5.32 Å². The van der Waals surface area contributed by atoms with Crippen molar-refractivity contribution in [1.82, 2.24) is 15.3 Å². The Hall–Kier alpha value is -1.20. The van der Waals surface area contributed by atoms with E-state index in [1.165, 1.54) is 6.20 Å². The second-order valence-electron chi connectivity index (χ2n) is 4.37. The van der Waals surface area contributed by atoms with Gasteiger partial charge in [0.2, 0.25) is 0 Å². The van der Waals surface area contributed by atoms with Gasteiger partial charge in [-0.2, -0.15) is 0 Å². The number of carboxylic acid groups (broad SMARTS) is 1. The third-order valence-corrected chi connectivity index (χ3v) is 3.31. The Bertz CT molecular complexity index is 402. The predicted octanol–water partition coefficient (Wildman–Crippen LogP) is 1.13. The van der Waals surface area contributed by atoms with E-state index in [4.69, 9.17) is 11.6 Å². The van der Waals surface area contributed by atoms with Crippen molar-refractivity contribution in [1.29, 1.82) is 0 Å². The first-order valence-corrected chi connectivity index (χ1v) is 5.91. The fourth-order valence-electron chi connectivity index (χ4n) is 2.15. The monoisotopic (exact) mass is 255 g/mol. The van der Waals surface area contributed by atoms with Crippen LogP contribution in [0.3, 0.4) is 0 Å². The number of rotatable bonds is 3. The molecule has 0 bridgehead atoms. The molecule has 6 heteroatoms. The molecule has 1 fully saturated rings. The second-order valence-corrected chi connectivity index (χ2v) is 4.76. The molecule has 1 aliphatic rings. The van der Waals surface area contributed by atoms with Gasteiger partial charge >= 0.3 is 5.97 Å². The fourth-order valence-corrected chi connectivity index (χ4v) is 2.25. The highest BCUT2D eigenvalue weighted by molar-refractivity contribution is 6.29. The van der Waals surface area contributed by atoms with Gasteiger partial charge in [-0.25, -0.2) is 4.98 Å². The summed E-state index contributed by atoms with van der Waals surface area (Å²) in [6.07, 6.45) is 4.91. The zero-order valence-corrected chi connectivity index (χ0v) is 10.1.